The Kier molecular flexibility index (Phi) is 7.64. The molecule has 0 aliphatic carbocycles. The van der Waals surface area contributed by atoms with Crippen LogP contribution < -0.4 is 20.1 Å². The summed E-state index contributed by atoms with van der Waals surface area (Å²) in [4.78, 5) is 35.8. The van der Waals surface area contributed by atoms with E-state index in [-0.39, 0.29) is 5.56 Å². The molecule has 0 fully saturated rings. The number of urea groups is 1. The van der Waals surface area contributed by atoms with Crippen molar-refractivity contribution in [3.8, 4) is 11.5 Å². The number of carbonyl (C=O) groups excluding carboxylic acids is 3. The molecule has 1 aromatic carbocycles. The summed E-state index contributed by atoms with van der Waals surface area (Å²) >= 11 is 0. The third-order valence-electron chi connectivity index (χ3n) is 3.65. The van der Waals surface area contributed by atoms with Crippen LogP contribution >= 0.6 is 0 Å². The number of ether oxygens (including phenoxy) is 3. The molecule has 9 heteroatoms. The highest BCUT2D eigenvalue weighted by atomic mass is 16.5. The van der Waals surface area contributed by atoms with Gasteiger partial charge in [0, 0.05) is 11.8 Å². The smallest absolute Gasteiger partial charge is 0.342 e. The van der Waals surface area contributed by atoms with Crippen LogP contribution in [0.1, 0.15) is 35.7 Å². The van der Waals surface area contributed by atoms with Crippen molar-refractivity contribution in [2.45, 2.75) is 27.7 Å². The molecule has 0 atom stereocenters. The van der Waals surface area contributed by atoms with Gasteiger partial charge in [0.1, 0.15) is 17.1 Å². The Morgan fingerprint density at radius 1 is 1.00 bits per heavy atom. The van der Waals surface area contributed by atoms with Crippen molar-refractivity contribution < 1.29 is 33.0 Å². The number of esters is 1. The van der Waals surface area contributed by atoms with E-state index in [1.165, 1.54) is 6.07 Å². The summed E-state index contributed by atoms with van der Waals surface area (Å²) in [6.07, 6.45) is 0. The Balaban J connectivity index is 1.88. The summed E-state index contributed by atoms with van der Waals surface area (Å²) < 4.78 is 21.1. The maximum absolute atomic E-state index is 12.0. The molecule has 9 nitrogen and oxygen atoms in total. The first-order chi connectivity index (χ1) is 13.8. The molecule has 0 saturated heterocycles. The molecule has 2 N–H and O–H groups in total. The van der Waals surface area contributed by atoms with E-state index in [4.69, 9.17) is 18.6 Å². The van der Waals surface area contributed by atoms with Crippen molar-refractivity contribution >= 4 is 23.6 Å². The molecule has 3 amide bonds. The number of furan rings is 1. The van der Waals surface area contributed by atoms with Gasteiger partial charge in [-0.1, -0.05) is 0 Å². The number of hydrogen-bond donors (Lipinski definition) is 2. The van der Waals surface area contributed by atoms with Gasteiger partial charge in [0.05, 0.1) is 13.2 Å². The van der Waals surface area contributed by atoms with Crippen LogP contribution in [0.3, 0.4) is 0 Å². The zero-order chi connectivity index (χ0) is 21.4. The Labute approximate surface area is 168 Å². The van der Waals surface area contributed by atoms with Crippen LogP contribution in [0.2, 0.25) is 0 Å². The van der Waals surface area contributed by atoms with E-state index in [2.05, 4.69) is 10.6 Å². The van der Waals surface area contributed by atoms with E-state index in [1.807, 2.05) is 13.8 Å². The predicted molar refractivity (Wildman–Crippen MR) is 104 cm³/mol. The minimum absolute atomic E-state index is 0.234. The van der Waals surface area contributed by atoms with Crippen LogP contribution in [0, 0.1) is 13.8 Å². The van der Waals surface area contributed by atoms with E-state index < -0.39 is 24.5 Å². The minimum Gasteiger partial charge on any atom is -0.490 e. The van der Waals surface area contributed by atoms with E-state index in [0.717, 1.165) is 0 Å². The average molecular weight is 404 g/mol. The average Bonchev–Trinajstić information content (AvgIpc) is 3.00. The van der Waals surface area contributed by atoms with E-state index >= 15 is 0 Å². The third-order valence-corrected chi connectivity index (χ3v) is 3.65. The fraction of sp³-hybridized carbons (Fsp3) is 0.350. The van der Waals surface area contributed by atoms with Gasteiger partial charge in [-0.15, -0.1) is 0 Å². The highest BCUT2D eigenvalue weighted by molar-refractivity contribution is 6.02. The summed E-state index contributed by atoms with van der Waals surface area (Å²) in [6, 6.07) is 5.60. The first kappa shape index (κ1) is 21.8. The number of carbonyl (C=O) groups is 3. The second-order valence-electron chi connectivity index (χ2n) is 5.93. The molecule has 2 aromatic rings. The fourth-order valence-electron chi connectivity index (χ4n) is 2.50. The van der Waals surface area contributed by atoms with Crippen LogP contribution in [0.25, 0.3) is 0 Å². The topological polar surface area (TPSA) is 116 Å². The lowest BCUT2D eigenvalue weighted by atomic mass is 10.2. The molecule has 0 radical (unpaired) electrons. The number of rotatable bonds is 8. The first-order valence-corrected chi connectivity index (χ1v) is 9.08. The number of benzene rings is 1. The number of anilines is 1. The lowest BCUT2D eigenvalue weighted by Crippen LogP contribution is -2.37. The maximum atomic E-state index is 12.0. The van der Waals surface area contributed by atoms with E-state index in [9.17, 15) is 14.4 Å². The second kappa shape index (κ2) is 10.2. The third kappa shape index (κ3) is 6.27. The Hall–Kier alpha value is -3.49. The first-order valence-electron chi connectivity index (χ1n) is 9.08. The molecule has 1 aromatic heterocycles. The summed E-state index contributed by atoms with van der Waals surface area (Å²) in [5.74, 6) is 0.491. The van der Waals surface area contributed by atoms with Gasteiger partial charge in [-0.3, -0.25) is 10.1 Å². The summed E-state index contributed by atoms with van der Waals surface area (Å²) in [5.41, 5.74) is 0.640. The van der Waals surface area contributed by atoms with Crippen molar-refractivity contribution in [3.05, 3.63) is 41.3 Å². The van der Waals surface area contributed by atoms with Crippen molar-refractivity contribution in [2.24, 2.45) is 0 Å². The van der Waals surface area contributed by atoms with E-state index in [1.54, 1.807) is 32.0 Å². The summed E-state index contributed by atoms with van der Waals surface area (Å²) in [7, 11) is 0. The van der Waals surface area contributed by atoms with Crippen LogP contribution in [0.4, 0.5) is 10.5 Å². The number of aryl methyl sites for hydroxylation is 2. The number of nitrogens with one attached hydrogen (secondary N) is 2. The Bertz CT molecular complexity index is 889. The van der Waals surface area contributed by atoms with Crippen molar-refractivity contribution in [1.82, 2.24) is 5.32 Å². The van der Waals surface area contributed by atoms with Crippen molar-refractivity contribution in [2.75, 3.05) is 25.1 Å². The van der Waals surface area contributed by atoms with Crippen LogP contribution in [0.15, 0.2) is 28.7 Å². The van der Waals surface area contributed by atoms with Crippen LogP contribution in [-0.4, -0.2) is 37.7 Å². The lowest BCUT2D eigenvalue weighted by molar-refractivity contribution is -0.123. The Morgan fingerprint density at radius 3 is 2.31 bits per heavy atom. The quantitative estimate of drug-likeness (QED) is 0.649. The second-order valence-corrected chi connectivity index (χ2v) is 5.93. The molecule has 0 aliphatic heterocycles. The number of hydrogen-bond acceptors (Lipinski definition) is 7. The monoisotopic (exact) mass is 404 g/mol. The molecular weight excluding hydrogens is 380 g/mol. The van der Waals surface area contributed by atoms with Gasteiger partial charge in [-0.05, 0) is 45.9 Å². The van der Waals surface area contributed by atoms with Gasteiger partial charge in [0.15, 0.2) is 18.1 Å². The molecule has 156 valence electrons. The molecule has 0 unspecified atom stereocenters. The molecule has 0 spiro atoms. The lowest BCUT2D eigenvalue weighted by Gasteiger charge is -2.13. The molecular formula is C20H24N2O7. The van der Waals surface area contributed by atoms with Gasteiger partial charge in [-0.2, -0.15) is 0 Å². The molecule has 1 heterocycles. The molecule has 0 aliphatic rings. The van der Waals surface area contributed by atoms with Gasteiger partial charge in [0.25, 0.3) is 5.91 Å². The minimum atomic E-state index is -0.773. The molecule has 29 heavy (non-hydrogen) atoms. The van der Waals surface area contributed by atoms with Crippen molar-refractivity contribution in [3.63, 3.8) is 0 Å². The van der Waals surface area contributed by atoms with Crippen molar-refractivity contribution in [1.29, 1.82) is 0 Å². The molecule has 2 rings (SSSR count). The largest absolute Gasteiger partial charge is 0.490 e. The van der Waals surface area contributed by atoms with Gasteiger partial charge in [0.2, 0.25) is 0 Å². The van der Waals surface area contributed by atoms with Crippen LogP contribution in [0.5, 0.6) is 11.5 Å². The predicted octanol–water partition coefficient (Wildman–Crippen LogP) is 3.20. The zero-order valence-corrected chi connectivity index (χ0v) is 16.8. The fourth-order valence-corrected chi connectivity index (χ4v) is 2.50. The number of amides is 3. The Morgan fingerprint density at radius 2 is 1.69 bits per heavy atom. The maximum Gasteiger partial charge on any atom is 0.342 e. The van der Waals surface area contributed by atoms with Gasteiger partial charge < -0.3 is 23.9 Å². The summed E-state index contributed by atoms with van der Waals surface area (Å²) in [5, 5.41) is 4.60. The number of imide groups is 1. The highest BCUT2D eigenvalue weighted by Crippen LogP contribution is 2.30. The van der Waals surface area contributed by atoms with Gasteiger partial charge in [-0.25, -0.2) is 9.59 Å². The van der Waals surface area contributed by atoms with Crippen LogP contribution in [-0.2, 0) is 9.53 Å². The molecule has 0 saturated carbocycles. The van der Waals surface area contributed by atoms with E-state index in [0.29, 0.717) is 41.9 Å². The zero-order valence-electron chi connectivity index (χ0n) is 16.8. The summed E-state index contributed by atoms with van der Waals surface area (Å²) in [6.45, 7) is 7.28. The highest BCUT2D eigenvalue weighted by Gasteiger charge is 2.17. The SMILES string of the molecule is CCOc1ccc(NC(=O)NC(=O)COC(=O)c2cc(C)oc2C)cc1OCC. The normalized spacial score (nSPS) is 10.2. The molecule has 0 bridgehead atoms. The van der Waals surface area contributed by atoms with Gasteiger partial charge >= 0.3 is 12.0 Å². The standard InChI is InChI=1S/C20H24N2O7/c1-5-26-16-8-7-14(10-17(16)27-6-2)21-20(25)22-18(23)11-28-19(24)15-9-12(3)29-13(15)4/h7-10H,5-6,11H2,1-4H3,(H2,21,22,23,25).